The van der Waals surface area contributed by atoms with E-state index in [9.17, 15) is 18.0 Å². The first-order valence-electron chi connectivity index (χ1n) is 10.6. The molecule has 5 heterocycles. The molecule has 2 unspecified atom stereocenters. The van der Waals surface area contributed by atoms with Gasteiger partial charge in [-0.15, -0.1) is 0 Å². The molecule has 3 N–H and O–H groups in total. The number of aromatic nitrogens is 4. The lowest BCUT2D eigenvalue weighted by molar-refractivity contribution is -0.137. The van der Waals surface area contributed by atoms with E-state index in [2.05, 4.69) is 20.0 Å². The maximum atomic E-state index is 13.3. The first kappa shape index (κ1) is 21.7. The number of halogens is 3. The van der Waals surface area contributed by atoms with Gasteiger partial charge in [-0.2, -0.15) is 18.3 Å². The molecule has 1 saturated heterocycles. The van der Waals surface area contributed by atoms with E-state index < -0.39 is 23.2 Å². The van der Waals surface area contributed by atoms with Gasteiger partial charge in [0.25, 0.3) is 0 Å². The third-order valence-corrected chi connectivity index (χ3v) is 6.50. The first-order valence-corrected chi connectivity index (χ1v) is 10.6. The fourth-order valence-electron chi connectivity index (χ4n) is 4.71. The molecular weight excluding hydrogens is 437 g/mol. The van der Waals surface area contributed by atoms with Crippen LogP contribution in [0.3, 0.4) is 0 Å². The van der Waals surface area contributed by atoms with E-state index in [0.717, 1.165) is 24.0 Å². The number of hydrogen-bond donors (Lipinski definition) is 2. The second kappa shape index (κ2) is 7.70. The highest BCUT2D eigenvalue weighted by atomic mass is 19.4. The van der Waals surface area contributed by atoms with Crippen molar-refractivity contribution in [3.8, 4) is 11.3 Å². The standard InChI is InChI=1S/C22H23F3N6O2/c1-13(16-3-2-4-19(32)28-16)30-6-5-21(12-30)18-10-17(29-31(18)7-8-33-21)14-9-15(22(23,24)25)20(26)27-11-14/h2-4,9-11,13H,5-8,12H2,1H3,(H2,26,27)(H,28,32). The molecule has 2 aliphatic rings. The Labute approximate surface area is 187 Å². The molecule has 2 atom stereocenters. The molecule has 0 aromatic carbocycles. The van der Waals surface area contributed by atoms with Gasteiger partial charge in [0.15, 0.2) is 0 Å². The van der Waals surface area contributed by atoms with E-state index in [1.165, 1.54) is 12.3 Å². The molecule has 0 aliphatic carbocycles. The van der Waals surface area contributed by atoms with Crippen molar-refractivity contribution in [2.24, 2.45) is 0 Å². The number of fused-ring (bicyclic) bond motifs is 2. The van der Waals surface area contributed by atoms with Gasteiger partial charge in [0.2, 0.25) is 5.56 Å². The Hall–Kier alpha value is -3.18. The molecule has 8 nitrogen and oxygen atoms in total. The van der Waals surface area contributed by atoms with Crippen molar-refractivity contribution in [3.63, 3.8) is 0 Å². The van der Waals surface area contributed by atoms with Crippen molar-refractivity contribution in [1.82, 2.24) is 24.6 Å². The number of rotatable bonds is 3. The van der Waals surface area contributed by atoms with Crippen LogP contribution < -0.4 is 11.3 Å². The second-order valence-corrected chi connectivity index (χ2v) is 8.50. The fourth-order valence-corrected chi connectivity index (χ4v) is 4.71. The number of hydrogen-bond acceptors (Lipinski definition) is 6. The van der Waals surface area contributed by atoms with Crippen LogP contribution in [0.4, 0.5) is 19.0 Å². The van der Waals surface area contributed by atoms with E-state index in [-0.39, 0.29) is 17.2 Å². The van der Waals surface area contributed by atoms with Gasteiger partial charge in [0, 0.05) is 42.7 Å². The lowest BCUT2D eigenvalue weighted by Gasteiger charge is -2.35. The highest BCUT2D eigenvalue weighted by Gasteiger charge is 2.46. The van der Waals surface area contributed by atoms with Crippen molar-refractivity contribution in [3.05, 3.63) is 63.8 Å². The summed E-state index contributed by atoms with van der Waals surface area (Å²) in [4.78, 5) is 20.6. The van der Waals surface area contributed by atoms with Crippen molar-refractivity contribution >= 4 is 5.82 Å². The quantitative estimate of drug-likeness (QED) is 0.623. The van der Waals surface area contributed by atoms with Gasteiger partial charge in [0.05, 0.1) is 30.1 Å². The molecule has 1 spiro atoms. The summed E-state index contributed by atoms with van der Waals surface area (Å²) >= 11 is 0. The van der Waals surface area contributed by atoms with Crippen molar-refractivity contribution in [1.29, 1.82) is 0 Å². The Morgan fingerprint density at radius 3 is 2.85 bits per heavy atom. The van der Waals surface area contributed by atoms with E-state index in [1.807, 2.05) is 13.0 Å². The predicted molar refractivity (Wildman–Crippen MR) is 114 cm³/mol. The van der Waals surface area contributed by atoms with Crippen LogP contribution in [-0.4, -0.2) is 44.3 Å². The zero-order valence-electron chi connectivity index (χ0n) is 17.9. The number of likely N-dealkylation sites (tertiary alicyclic amines) is 1. The summed E-state index contributed by atoms with van der Waals surface area (Å²) in [5, 5.41) is 4.55. The molecule has 5 rings (SSSR count). The zero-order chi connectivity index (χ0) is 23.4. The molecule has 0 amide bonds. The Balaban J connectivity index is 1.46. The summed E-state index contributed by atoms with van der Waals surface area (Å²) in [5.74, 6) is -0.561. The molecular formula is C22H23F3N6O2. The smallest absolute Gasteiger partial charge is 0.383 e. The average molecular weight is 460 g/mol. The lowest BCUT2D eigenvalue weighted by atomic mass is 9.96. The maximum Gasteiger partial charge on any atom is 0.419 e. The summed E-state index contributed by atoms with van der Waals surface area (Å²) in [7, 11) is 0. The van der Waals surface area contributed by atoms with Crippen molar-refractivity contribution < 1.29 is 17.9 Å². The number of ether oxygens (including phenoxy) is 1. The summed E-state index contributed by atoms with van der Waals surface area (Å²) in [5.41, 5.74) is 5.97. The van der Waals surface area contributed by atoms with Crippen LogP contribution >= 0.6 is 0 Å². The number of nitrogens with one attached hydrogen (secondary N) is 1. The minimum atomic E-state index is -4.60. The lowest BCUT2D eigenvalue weighted by Crippen LogP contribution is -2.41. The number of aromatic amines is 1. The minimum Gasteiger partial charge on any atom is -0.383 e. The molecule has 11 heteroatoms. The van der Waals surface area contributed by atoms with Gasteiger partial charge in [-0.25, -0.2) is 4.98 Å². The number of nitrogens with zero attached hydrogens (tertiary/aromatic N) is 4. The van der Waals surface area contributed by atoms with E-state index in [4.69, 9.17) is 10.5 Å². The van der Waals surface area contributed by atoms with Crippen molar-refractivity contribution in [2.75, 3.05) is 25.4 Å². The van der Waals surface area contributed by atoms with Crippen LogP contribution in [0, 0.1) is 0 Å². The van der Waals surface area contributed by atoms with E-state index in [0.29, 0.717) is 31.8 Å². The molecule has 0 bridgehead atoms. The average Bonchev–Trinajstić information content (AvgIpc) is 3.39. The van der Waals surface area contributed by atoms with E-state index >= 15 is 0 Å². The third-order valence-electron chi connectivity index (χ3n) is 6.50. The van der Waals surface area contributed by atoms with Crippen LogP contribution in [0.1, 0.15) is 36.3 Å². The fraction of sp³-hybridized carbons (Fsp3) is 0.409. The summed E-state index contributed by atoms with van der Waals surface area (Å²) < 4.78 is 48.0. The molecule has 174 valence electrons. The number of alkyl halides is 3. The number of anilines is 1. The SMILES string of the molecule is CC(c1cccc(=O)[nH]1)N1CCC2(C1)OCCn1nc(-c3cnc(N)c(C(F)(F)F)c3)cc12. The minimum absolute atomic E-state index is 0.0321. The van der Waals surface area contributed by atoms with Gasteiger partial charge in [-0.1, -0.05) is 6.07 Å². The summed E-state index contributed by atoms with van der Waals surface area (Å²) in [6.45, 7) is 4.29. The molecule has 1 fully saturated rings. The molecule has 3 aromatic rings. The normalized spacial score (nSPS) is 21.9. The largest absolute Gasteiger partial charge is 0.419 e. The van der Waals surface area contributed by atoms with Gasteiger partial charge in [0.1, 0.15) is 11.4 Å². The van der Waals surface area contributed by atoms with Gasteiger partial charge in [-0.05, 0) is 31.5 Å². The highest BCUT2D eigenvalue weighted by molar-refractivity contribution is 5.63. The van der Waals surface area contributed by atoms with Crippen LogP contribution in [-0.2, 0) is 23.1 Å². The third kappa shape index (κ3) is 3.80. The number of H-pyrrole nitrogens is 1. The summed E-state index contributed by atoms with van der Waals surface area (Å²) in [6.07, 6.45) is -2.59. The molecule has 3 aromatic heterocycles. The number of nitrogens with two attached hydrogens (primary N) is 1. The maximum absolute atomic E-state index is 13.3. The Morgan fingerprint density at radius 2 is 2.09 bits per heavy atom. The summed E-state index contributed by atoms with van der Waals surface area (Å²) in [6, 6.07) is 7.82. The Kier molecular flexibility index (Phi) is 5.05. The molecule has 33 heavy (non-hydrogen) atoms. The van der Waals surface area contributed by atoms with E-state index in [1.54, 1.807) is 16.8 Å². The number of pyridine rings is 2. The van der Waals surface area contributed by atoms with Crippen molar-refractivity contribution in [2.45, 2.75) is 37.7 Å². The van der Waals surface area contributed by atoms with Gasteiger partial charge in [-0.3, -0.25) is 14.4 Å². The Morgan fingerprint density at radius 1 is 1.27 bits per heavy atom. The van der Waals surface area contributed by atoms with Crippen LogP contribution in [0.5, 0.6) is 0 Å². The topological polar surface area (TPSA) is 102 Å². The molecule has 0 radical (unpaired) electrons. The van der Waals surface area contributed by atoms with Crippen LogP contribution in [0.25, 0.3) is 11.3 Å². The highest BCUT2D eigenvalue weighted by Crippen LogP contribution is 2.42. The molecule has 2 aliphatic heterocycles. The van der Waals surface area contributed by atoms with Crippen LogP contribution in [0.2, 0.25) is 0 Å². The predicted octanol–water partition coefficient (Wildman–Crippen LogP) is 2.93. The zero-order valence-corrected chi connectivity index (χ0v) is 17.9. The van der Waals surface area contributed by atoms with Gasteiger partial charge >= 0.3 is 6.18 Å². The Bertz CT molecular complexity index is 1250. The van der Waals surface area contributed by atoms with Crippen LogP contribution in [0.15, 0.2) is 41.3 Å². The monoisotopic (exact) mass is 460 g/mol. The number of nitrogen functional groups attached to an aromatic ring is 1. The second-order valence-electron chi connectivity index (χ2n) is 8.50. The molecule has 0 saturated carbocycles. The van der Waals surface area contributed by atoms with Gasteiger partial charge < -0.3 is 15.5 Å². The first-order chi connectivity index (χ1) is 15.7.